The summed E-state index contributed by atoms with van der Waals surface area (Å²) in [5, 5.41) is 5.74. The van der Waals surface area contributed by atoms with E-state index in [4.69, 9.17) is 9.47 Å². The van der Waals surface area contributed by atoms with Crippen LogP contribution in [-0.2, 0) is 11.3 Å². The highest BCUT2D eigenvalue weighted by atomic mass is 19.4. The van der Waals surface area contributed by atoms with Crippen molar-refractivity contribution < 1.29 is 31.8 Å². The van der Waals surface area contributed by atoms with Crippen molar-refractivity contribution in [2.75, 3.05) is 20.3 Å². The Bertz CT molecular complexity index is 602. The van der Waals surface area contributed by atoms with Gasteiger partial charge in [-0.05, 0) is 25.5 Å². The number of nitrogens with one attached hydrogen (secondary N) is 2. The number of hydrogen-bond donors (Lipinski definition) is 2. The molecule has 0 unspecified atom stereocenters. The van der Waals surface area contributed by atoms with Gasteiger partial charge in [0.15, 0.2) is 11.6 Å². The zero-order chi connectivity index (χ0) is 18.4. The Balaban J connectivity index is 1.98. The van der Waals surface area contributed by atoms with E-state index >= 15 is 0 Å². The molecule has 5 nitrogen and oxygen atoms in total. The van der Waals surface area contributed by atoms with Gasteiger partial charge in [0, 0.05) is 18.2 Å². The fourth-order valence-electron chi connectivity index (χ4n) is 2.51. The Hall–Kier alpha value is -2.03. The lowest BCUT2D eigenvalue weighted by molar-refractivity contribution is -0.139. The van der Waals surface area contributed by atoms with Crippen molar-refractivity contribution in [3.05, 3.63) is 23.5 Å². The van der Waals surface area contributed by atoms with Crippen molar-refractivity contribution in [2.45, 2.75) is 38.0 Å². The predicted octanol–water partition coefficient (Wildman–Crippen LogP) is 2.53. The molecular weight excluding hydrogens is 344 g/mol. The molecule has 0 spiro atoms. The van der Waals surface area contributed by atoms with Crippen LogP contribution in [0, 0.1) is 5.82 Å². The molecule has 1 atom stereocenters. The molecule has 1 fully saturated rings. The lowest BCUT2D eigenvalue weighted by atomic mass is 10.1. The topological polar surface area (TPSA) is 59.6 Å². The summed E-state index contributed by atoms with van der Waals surface area (Å²) < 4.78 is 60.4. The number of rotatable bonds is 7. The summed E-state index contributed by atoms with van der Waals surface area (Å²) in [4.78, 5) is 12.0. The molecule has 2 rings (SSSR count). The highest BCUT2D eigenvalue weighted by Gasteiger charge is 2.27. The molecule has 9 heteroatoms. The van der Waals surface area contributed by atoms with Gasteiger partial charge < -0.3 is 20.1 Å². The Labute approximate surface area is 142 Å². The van der Waals surface area contributed by atoms with Crippen molar-refractivity contribution in [1.82, 2.24) is 10.6 Å². The number of carbonyl (C=O) groups excluding carboxylic acids is 1. The second-order valence-corrected chi connectivity index (χ2v) is 5.67. The van der Waals surface area contributed by atoms with Gasteiger partial charge in [0.05, 0.1) is 26.2 Å². The molecule has 0 aliphatic carbocycles. The maximum absolute atomic E-state index is 14.0. The number of hydrogen-bond acceptors (Lipinski definition) is 4. The van der Waals surface area contributed by atoms with Crippen LogP contribution in [0.5, 0.6) is 11.5 Å². The van der Waals surface area contributed by atoms with Gasteiger partial charge in [-0.15, -0.1) is 0 Å². The monoisotopic (exact) mass is 364 g/mol. The lowest BCUT2D eigenvalue weighted by Gasteiger charge is -2.15. The first-order chi connectivity index (χ1) is 11.8. The zero-order valence-electron chi connectivity index (χ0n) is 13.7. The van der Waals surface area contributed by atoms with Crippen LogP contribution < -0.4 is 20.1 Å². The fourth-order valence-corrected chi connectivity index (χ4v) is 2.51. The molecule has 0 bridgehead atoms. The Morgan fingerprint density at radius 2 is 2.12 bits per heavy atom. The van der Waals surface area contributed by atoms with E-state index in [2.05, 4.69) is 10.6 Å². The fraction of sp³-hybridized carbons (Fsp3) is 0.562. The molecule has 1 aliphatic heterocycles. The van der Waals surface area contributed by atoms with Crippen LogP contribution in [0.15, 0.2) is 12.1 Å². The van der Waals surface area contributed by atoms with Crippen LogP contribution in [0.2, 0.25) is 0 Å². The second kappa shape index (κ2) is 8.37. The van der Waals surface area contributed by atoms with E-state index in [9.17, 15) is 22.4 Å². The van der Waals surface area contributed by atoms with E-state index in [1.165, 1.54) is 13.2 Å². The van der Waals surface area contributed by atoms with Crippen LogP contribution in [-0.4, -0.2) is 38.4 Å². The molecule has 1 heterocycles. The standard InChI is InChI=1S/C16H20F4N2O3/c1-24-13-8-14(25-6-4-16(18,19)20)11(17)7-10(13)9-22-15(23)12-3-2-5-21-12/h7-8,12,21H,2-6,9H2,1H3,(H,22,23)/t12-/m0/s1. The summed E-state index contributed by atoms with van der Waals surface area (Å²) in [5.74, 6) is -1.10. The number of carbonyl (C=O) groups is 1. The molecule has 1 saturated heterocycles. The Kier molecular flexibility index (Phi) is 6.46. The number of alkyl halides is 3. The van der Waals surface area contributed by atoms with E-state index in [-0.39, 0.29) is 30.0 Å². The molecule has 25 heavy (non-hydrogen) atoms. The molecule has 0 radical (unpaired) electrons. The molecule has 2 N–H and O–H groups in total. The van der Waals surface area contributed by atoms with E-state index in [1.807, 2.05) is 0 Å². The molecule has 0 saturated carbocycles. The van der Waals surface area contributed by atoms with Gasteiger partial charge in [-0.3, -0.25) is 4.79 Å². The number of methoxy groups -OCH3 is 1. The molecule has 1 aromatic rings. The van der Waals surface area contributed by atoms with E-state index < -0.39 is 25.0 Å². The Morgan fingerprint density at radius 3 is 2.72 bits per heavy atom. The van der Waals surface area contributed by atoms with Crippen molar-refractivity contribution in [3.63, 3.8) is 0 Å². The van der Waals surface area contributed by atoms with Crippen molar-refractivity contribution >= 4 is 5.91 Å². The summed E-state index contributed by atoms with van der Waals surface area (Å²) in [7, 11) is 1.34. The smallest absolute Gasteiger partial charge is 0.392 e. The minimum atomic E-state index is -4.38. The molecular formula is C16H20F4N2O3. The predicted molar refractivity (Wildman–Crippen MR) is 82.0 cm³/mol. The molecule has 1 aliphatic rings. The summed E-state index contributed by atoms with van der Waals surface area (Å²) in [6.45, 7) is 0.132. The van der Waals surface area contributed by atoms with Crippen LogP contribution in [0.4, 0.5) is 17.6 Å². The maximum Gasteiger partial charge on any atom is 0.392 e. The van der Waals surface area contributed by atoms with Crippen molar-refractivity contribution in [2.24, 2.45) is 0 Å². The highest BCUT2D eigenvalue weighted by molar-refractivity contribution is 5.82. The first-order valence-electron chi connectivity index (χ1n) is 7.87. The third kappa shape index (κ3) is 5.77. The van der Waals surface area contributed by atoms with Gasteiger partial charge in [-0.25, -0.2) is 4.39 Å². The third-order valence-corrected chi connectivity index (χ3v) is 3.81. The van der Waals surface area contributed by atoms with Crippen LogP contribution in [0.1, 0.15) is 24.8 Å². The van der Waals surface area contributed by atoms with Gasteiger partial charge in [0.2, 0.25) is 5.91 Å². The number of benzene rings is 1. The quantitative estimate of drug-likeness (QED) is 0.730. The third-order valence-electron chi connectivity index (χ3n) is 3.81. The van der Waals surface area contributed by atoms with Gasteiger partial charge >= 0.3 is 6.18 Å². The first-order valence-corrected chi connectivity index (χ1v) is 7.87. The largest absolute Gasteiger partial charge is 0.496 e. The van der Waals surface area contributed by atoms with Gasteiger partial charge in [0.25, 0.3) is 0 Å². The molecule has 1 aromatic carbocycles. The molecule has 1 amide bonds. The average molecular weight is 364 g/mol. The number of halogens is 4. The normalized spacial score (nSPS) is 17.4. The zero-order valence-corrected chi connectivity index (χ0v) is 13.7. The van der Waals surface area contributed by atoms with E-state index in [0.717, 1.165) is 25.5 Å². The van der Waals surface area contributed by atoms with E-state index in [1.54, 1.807) is 0 Å². The number of ether oxygens (including phenoxy) is 2. The molecule has 140 valence electrons. The van der Waals surface area contributed by atoms with Gasteiger partial charge in [0.1, 0.15) is 5.75 Å². The summed E-state index contributed by atoms with van der Waals surface area (Å²) in [6.07, 6.45) is -3.90. The van der Waals surface area contributed by atoms with Crippen LogP contribution in [0.25, 0.3) is 0 Å². The Morgan fingerprint density at radius 1 is 1.36 bits per heavy atom. The first kappa shape index (κ1) is 19.3. The van der Waals surface area contributed by atoms with E-state index in [0.29, 0.717) is 5.56 Å². The summed E-state index contributed by atoms with van der Waals surface area (Å²) in [5.41, 5.74) is 0.370. The molecule has 0 aromatic heterocycles. The van der Waals surface area contributed by atoms with Gasteiger partial charge in [-0.2, -0.15) is 13.2 Å². The van der Waals surface area contributed by atoms with Crippen LogP contribution in [0.3, 0.4) is 0 Å². The van der Waals surface area contributed by atoms with Crippen LogP contribution >= 0.6 is 0 Å². The number of amides is 1. The minimum Gasteiger partial charge on any atom is -0.496 e. The highest BCUT2D eigenvalue weighted by Crippen LogP contribution is 2.29. The van der Waals surface area contributed by atoms with Crippen molar-refractivity contribution in [1.29, 1.82) is 0 Å². The lowest BCUT2D eigenvalue weighted by Crippen LogP contribution is -2.40. The second-order valence-electron chi connectivity index (χ2n) is 5.67. The SMILES string of the molecule is COc1cc(OCCC(F)(F)F)c(F)cc1CNC(=O)[C@@H]1CCCN1. The minimum absolute atomic E-state index is 0.0416. The maximum atomic E-state index is 14.0. The average Bonchev–Trinajstić information content (AvgIpc) is 3.07. The summed E-state index contributed by atoms with van der Waals surface area (Å²) >= 11 is 0. The summed E-state index contributed by atoms with van der Waals surface area (Å²) in [6, 6.07) is 2.01. The van der Waals surface area contributed by atoms with Gasteiger partial charge in [-0.1, -0.05) is 0 Å². The van der Waals surface area contributed by atoms with Crippen molar-refractivity contribution in [3.8, 4) is 11.5 Å².